The quantitative estimate of drug-likeness (QED) is 0.191. The van der Waals surface area contributed by atoms with Crippen LogP contribution in [-0.2, 0) is 14.3 Å². The van der Waals surface area contributed by atoms with Crippen LogP contribution in [0.1, 0.15) is 118 Å². The van der Waals surface area contributed by atoms with Gasteiger partial charge in [-0.2, -0.15) is 0 Å². The van der Waals surface area contributed by atoms with Gasteiger partial charge in [0.25, 0.3) is 0 Å². The Hall–Kier alpha value is -0.570. The molecule has 0 saturated carbocycles. The highest BCUT2D eigenvalue weighted by Gasteiger charge is 2.13. The van der Waals surface area contributed by atoms with Crippen LogP contribution < -0.4 is 0 Å². The topological polar surface area (TPSA) is 35.5 Å². The molecule has 0 fully saturated rings. The normalized spacial score (nSPS) is 11.7. The number of carbonyl (C=O) groups is 1. The van der Waals surface area contributed by atoms with Crippen molar-refractivity contribution in [3.05, 3.63) is 0 Å². The van der Waals surface area contributed by atoms with Crippen LogP contribution in [0.25, 0.3) is 0 Å². The first-order valence-electron chi connectivity index (χ1n) is 11.2. The monoisotopic (exact) mass is 370 g/mol. The SMILES string of the molecule is CCCCCCCCCCCCCCOCCOC(=O)CCC(C)(C)C. The zero-order valence-corrected chi connectivity index (χ0v) is 18.2. The van der Waals surface area contributed by atoms with Crippen molar-refractivity contribution in [2.75, 3.05) is 19.8 Å². The molecule has 0 aliphatic carbocycles. The van der Waals surface area contributed by atoms with Crippen LogP contribution in [0.4, 0.5) is 0 Å². The number of hydrogen-bond acceptors (Lipinski definition) is 3. The number of ether oxygens (including phenoxy) is 2. The van der Waals surface area contributed by atoms with Crippen LogP contribution in [0.2, 0.25) is 0 Å². The van der Waals surface area contributed by atoms with Crippen molar-refractivity contribution in [1.82, 2.24) is 0 Å². The van der Waals surface area contributed by atoms with Crippen molar-refractivity contribution in [3.8, 4) is 0 Å². The van der Waals surface area contributed by atoms with Crippen molar-refractivity contribution in [1.29, 1.82) is 0 Å². The van der Waals surface area contributed by atoms with Gasteiger partial charge in [0.1, 0.15) is 6.61 Å². The maximum absolute atomic E-state index is 11.6. The molecular weight excluding hydrogens is 324 g/mol. The Labute approximate surface area is 163 Å². The molecule has 0 atom stereocenters. The first-order valence-corrected chi connectivity index (χ1v) is 11.2. The third kappa shape index (κ3) is 21.5. The molecule has 0 radical (unpaired) electrons. The van der Waals surface area contributed by atoms with Crippen LogP contribution in [-0.4, -0.2) is 25.8 Å². The summed E-state index contributed by atoms with van der Waals surface area (Å²) < 4.78 is 10.7. The lowest BCUT2D eigenvalue weighted by Gasteiger charge is -2.16. The summed E-state index contributed by atoms with van der Waals surface area (Å²) >= 11 is 0. The summed E-state index contributed by atoms with van der Waals surface area (Å²) in [6, 6.07) is 0. The lowest BCUT2D eigenvalue weighted by atomic mass is 9.91. The number of carbonyl (C=O) groups excluding carboxylic acids is 1. The molecule has 0 N–H and O–H groups in total. The van der Waals surface area contributed by atoms with Crippen LogP contribution in [0.3, 0.4) is 0 Å². The second kappa shape index (κ2) is 17.8. The van der Waals surface area contributed by atoms with Crippen LogP contribution in [0, 0.1) is 5.41 Å². The van der Waals surface area contributed by atoms with E-state index in [2.05, 4.69) is 27.7 Å². The summed E-state index contributed by atoms with van der Waals surface area (Å²) in [5, 5.41) is 0. The second-order valence-electron chi connectivity index (χ2n) is 8.78. The Morgan fingerprint density at radius 1 is 0.692 bits per heavy atom. The molecule has 0 saturated heterocycles. The van der Waals surface area contributed by atoms with Gasteiger partial charge in [0.2, 0.25) is 0 Å². The maximum Gasteiger partial charge on any atom is 0.305 e. The number of rotatable bonds is 18. The van der Waals surface area contributed by atoms with Crippen molar-refractivity contribution in [2.45, 2.75) is 118 Å². The van der Waals surface area contributed by atoms with E-state index in [4.69, 9.17) is 9.47 Å². The van der Waals surface area contributed by atoms with E-state index in [-0.39, 0.29) is 11.4 Å². The summed E-state index contributed by atoms with van der Waals surface area (Å²) in [7, 11) is 0. The van der Waals surface area contributed by atoms with Crippen LogP contribution in [0.5, 0.6) is 0 Å². The first-order chi connectivity index (χ1) is 12.5. The predicted octanol–water partition coefficient (Wildman–Crippen LogP) is 7.07. The molecule has 0 aliphatic rings. The Morgan fingerprint density at radius 3 is 1.69 bits per heavy atom. The minimum atomic E-state index is -0.103. The van der Waals surface area contributed by atoms with Gasteiger partial charge in [0.05, 0.1) is 6.61 Å². The summed E-state index contributed by atoms with van der Waals surface area (Å²) in [6.07, 6.45) is 17.7. The van der Waals surface area contributed by atoms with E-state index < -0.39 is 0 Å². The minimum Gasteiger partial charge on any atom is -0.463 e. The number of unbranched alkanes of at least 4 members (excludes halogenated alkanes) is 11. The minimum absolute atomic E-state index is 0.103. The standard InChI is InChI=1S/C23H46O3/c1-5-6-7-8-9-10-11-12-13-14-15-16-19-25-20-21-26-22(24)17-18-23(2,3)4/h5-21H2,1-4H3. The van der Waals surface area contributed by atoms with Gasteiger partial charge < -0.3 is 9.47 Å². The maximum atomic E-state index is 11.6. The van der Waals surface area contributed by atoms with Crippen molar-refractivity contribution in [2.24, 2.45) is 5.41 Å². The highest BCUT2D eigenvalue weighted by molar-refractivity contribution is 5.69. The second-order valence-corrected chi connectivity index (χ2v) is 8.78. The first kappa shape index (κ1) is 25.4. The molecule has 0 unspecified atom stereocenters. The molecule has 26 heavy (non-hydrogen) atoms. The molecule has 0 aromatic rings. The van der Waals surface area contributed by atoms with Crippen LogP contribution >= 0.6 is 0 Å². The fourth-order valence-corrected chi connectivity index (χ4v) is 2.91. The van der Waals surface area contributed by atoms with Gasteiger partial charge in [-0.1, -0.05) is 98.3 Å². The Balaban J connectivity index is 3.14. The molecule has 0 bridgehead atoms. The lowest BCUT2D eigenvalue weighted by Crippen LogP contribution is -2.14. The molecule has 0 aromatic carbocycles. The van der Waals surface area contributed by atoms with E-state index in [1.807, 2.05) is 0 Å². The smallest absolute Gasteiger partial charge is 0.305 e. The molecule has 0 spiro atoms. The average molecular weight is 371 g/mol. The van der Waals surface area contributed by atoms with E-state index in [0.29, 0.717) is 19.6 Å². The van der Waals surface area contributed by atoms with Gasteiger partial charge in [-0.25, -0.2) is 0 Å². The zero-order chi connectivity index (χ0) is 19.5. The Morgan fingerprint density at radius 2 is 1.19 bits per heavy atom. The van der Waals surface area contributed by atoms with Crippen molar-refractivity contribution >= 4 is 5.97 Å². The van der Waals surface area contributed by atoms with Crippen molar-refractivity contribution < 1.29 is 14.3 Å². The molecule has 0 heterocycles. The molecule has 0 aliphatic heterocycles. The number of hydrogen-bond donors (Lipinski definition) is 0. The average Bonchev–Trinajstić information content (AvgIpc) is 2.59. The fraction of sp³-hybridized carbons (Fsp3) is 0.957. The molecule has 0 amide bonds. The Bertz CT molecular complexity index is 307. The molecule has 3 heteroatoms. The number of esters is 1. The molecule has 3 nitrogen and oxygen atoms in total. The van der Waals surface area contributed by atoms with Gasteiger partial charge in [0.15, 0.2) is 0 Å². The predicted molar refractivity (Wildman–Crippen MR) is 112 cm³/mol. The van der Waals surface area contributed by atoms with Gasteiger partial charge in [-0.05, 0) is 18.3 Å². The van der Waals surface area contributed by atoms with Crippen LogP contribution in [0.15, 0.2) is 0 Å². The van der Waals surface area contributed by atoms with E-state index in [9.17, 15) is 4.79 Å². The third-order valence-corrected chi connectivity index (χ3v) is 4.71. The highest BCUT2D eigenvalue weighted by atomic mass is 16.6. The van der Waals surface area contributed by atoms with Gasteiger partial charge in [0, 0.05) is 13.0 Å². The third-order valence-electron chi connectivity index (χ3n) is 4.71. The fourth-order valence-electron chi connectivity index (χ4n) is 2.91. The van der Waals surface area contributed by atoms with E-state index in [1.54, 1.807) is 0 Å². The van der Waals surface area contributed by atoms with Crippen molar-refractivity contribution in [3.63, 3.8) is 0 Å². The summed E-state index contributed by atoms with van der Waals surface area (Å²) in [5.41, 5.74) is 0.185. The summed E-state index contributed by atoms with van der Waals surface area (Å²) in [4.78, 5) is 11.6. The molecule has 0 rings (SSSR count). The van der Waals surface area contributed by atoms with Gasteiger partial charge >= 0.3 is 5.97 Å². The van der Waals surface area contributed by atoms with Gasteiger partial charge in [-0.15, -0.1) is 0 Å². The molecule has 0 aromatic heterocycles. The molecule has 156 valence electrons. The van der Waals surface area contributed by atoms with Gasteiger partial charge in [-0.3, -0.25) is 4.79 Å². The van der Waals surface area contributed by atoms with E-state index in [0.717, 1.165) is 19.4 Å². The van der Waals surface area contributed by atoms with E-state index in [1.165, 1.54) is 70.6 Å². The zero-order valence-electron chi connectivity index (χ0n) is 18.2. The summed E-state index contributed by atoms with van der Waals surface area (Å²) in [6.45, 7) is 10.4. The largest absolute Gasteiger partial charge is 0.463 e. The molecular formula is C23H46O3. The Kier molecular flexibility index (Phi) is 17.4. The highest BCUT2D eigenvalue weighted by Crippen LogP contribution is 2.20. The summed E-state index contributed by atoms with van der Waals surface area (Å²) in [5.74, 6) is -0.103. The van der Waals surface area contributed by atoms with E-state index >= 15 is 0 Å². The lowest BCUT2D eigenvalue weighted by molar-refractivity contribution is -0.145.